The quantitative estimate of drug-likeness (QED) is 0.836. The van der Waals surface area contributed by atoms with Crippen LogP contribution >= 0.6 is 22.9 Å². The van der Waals surface area contributed by atoms with Crippen LogP contribution in [0.15, 0.2) is 10.3 Å². The van der Waals surface area contributed by atoms with Gasteiger partial charge in [-0.3, -0.25) is 0 Å². The minimum Gasteiger partial charge on any atom is -0.462 e. The van der Waals surface area contributed by atoms with Crippen LogP contribution < -0.4 is 5.14 Å². The Hall–Kier alpha value is -0.630. The third-order valence-corrected chi connectivity index (χ3v) is 4.16. The first-order valence-electron chi connectivity index (χ1n) is 3.85. The zero-order chi connectivity index (χ0) is 11.6. The highest BCUT2D eigenvalue weighted by Gasteiger charge is 2.23. The molecule has 15 heavy (non-hydrogen) atoms. The van der Waals surface area contributed by atoms with Crippen LogP contribution in [0.1, 0.15) is 17.3 Å². The van der Waals surface area contributed by atoms with Gasteiger partial charge in [-0.25, -0.2) is 18.4 Å². The molecule has 0 spiro atoms. The third kappa shape index (κ3) is 2.91. The number of esters is 1. The zero-order valence-corrected chi connectivity index (χ0v) is 10.1. The zero-order valence-electron chi connectivity index (χ0n) is 7.69. The van der Waals surface area contributed by atoms with E-state index in [1.807, 2.05) is 0 Å². The van der Waals surface area contributed by atoms with Gasteiger partial charge >= 0.3 is 5.97 Å². The highest BCUT2D eigenvalue weighted by atomic mass is 35.5. The fraction of sp³-hybridized carbons (Fsp3) is 0.286. The number of halogens is 1. The minimum atomic E-state index is -3.94. The molecule has 84 valence electrons. The topological polar surface area (TPSA) is 86.5 Å². The van der Waals surface area contributed by atoms with E-state index in [0.29, 0.717) is 0 Å². The van der Waals surface area contributed by atoms with Gasteiger partial charge in [-0.1, -0.05) is 11.6 Å². The molecule has 0 fully saturated rings. The summed E-state index contributed by atoms with van der Waals surface area (Å²) in [5.74, 6) is -0.746. The van der Waals surface area contributed by atoms with Crippen molar-refractivity contribution in [3.05, 3.63) is 16.0 Å². The van der Waals surface area contributed by atoms with Crippen molar-refractivity contribution < 1.29 is 17.9 Å². The highest BCUT2D eigenvalue weighted by molar-refractivity contribution is 7.91. The molecule has 1 rings (SSSR count). The van der Waals surface area contributed by atoms with Crippen LogP contribution in [-0.2, 0) is 14.8 Å². The van der Waals surface area contributed by atoms with Gasteiger partial charge in [-0.05, 0) is 13.0 Å². The van der Waals surface area contributed by atoms with Gasteiger partial charge in [0.05, 0.1) is 16.5 Å². The van der Waals surface area contributed by atoms with Gasteiger partial charge in [-0.2, -0.15) is 0 Å². The second kappa shape index (κ2) is 4.48. The van der Waals surface area contributed by atoms with Gasteiger partial charge in [0, 0.05) is 0 Å². The molecule has 0 saturated carbocycles. The van der Waals surface area contributed by atoms with Crippen molar-refractivity contribution >= 4 is 38.9 Å². The van der Waals surface area contributed by atoms with E-state index in [2.05, 4.69) is 4.74 Å². The van der Waals surface area contributed by atoms with Crippen molar-refractivity contribution in [3.63, 3.8) is 0 Å². The van der Waals surface area contributed by atoms with Crippen LogP contribution in [0.3, 0.4) is 0 Å². The first-order chi connectivity index (χ1) is 6.86. The third-order valence-electron chi connectivity index (χ3n) is 1.42. The summed E-state index contributed by atoms with van der Waals surface area (Å²) in [6.45, 7) is 1.76. The molecule has 0 aliphatic carbocycles. The lowest BCUT2D eigenvalue weighted by Gasteiger charge is -2.00. The van der Waals surface area contributed by atoms with Gasteiger partial charge in [0.25, 0.3) is 0 Å². The highest BCUT2D eigenvalue weighted by Crippen LogP contribution is 2.30. The van der Waals surface area contributed by atoms with E-state index >= 15 is 0 Å². The van der Waals surface area contributed by atoms with E-state index in [9.17, 15) is 13.2 Å². The largest absolute Gasteiger partial charge is 0.462 e. The first-order valence-corrected chi connectivity index (χ1v) is 6.59. The predicted molar refractivity (Wildman–Crippen MR) is 56.7 cm³/mol. The molecule has 5 nitrogen and oxygen atoms in total. The maximum atomic E-state index is 11.3. The van der Waals surface area contributed by atoms with Gasteiger partial charge in [0.15, 0.2) is 4.21 Å². The number of rotatable bonds is 3. The molecule has 1 aromatic rings. The Morgan fingerprint density at radius 1 is 1.67 bits per heavy atom. The molecule has 0 aliphatic rings. The summed E-state index contributed by atoms with van der Waals surface area (Å²) >= 11 is 6.33. The molecule has 0 saturated heterocycles. The molecule has 0 amide bonds. The van der Waals surface area contributed by atoms with Crippen LogP contribution in [0.25, 0.3) is 0 Å². The molecule has 1 aromatic heterocycles. The normalized spacial score (nSPS) is 11.4. The summed E-state index contributed by atoms with van der Waals surface area (Å²) in [6, 6.07) is 1.23. The van der Waals surface area contributed by atoms with Crippen molar-refractivity contribution in [2.24, 2.45) is 5.14 Å². The number of hydrogen-bond acceptors (Lipinski definition) is 5. The van der Waals surface area contributed by atoms with E-state index in [0.717, 1.165) is 11.3 Å². The molecule has 0 aliphatic heterocycles. The Bertz CT molecular complexity index is 479. The maximum Gasteiger partial charge on any atom is 0.340 e. The Balaban J connectivity index is 3.24. The predicted octanol–water partition coefficient (Wildman–Crippen LogP) is 1.23. The number of primary sulfonamides is 1. The van der Waals surface area contributed by atoms with Crippen LogP contribution in [0, 0.1) is 0 Å². The molecule has 1 heterocycles. The summed E-state index contributed by atoms with van der Waals surface area (Å²) in [5.41, 5.74) is -0.116. The molecule has 0 atom stereocenters. The summed E-state index contributed by atoms with van der Waals surface area (Å²) in [6.07, 6.45) is 0. The molecule has 0 radical (unpaired) electrons. The smallest absolute Gasteiger partial charge is 0.340 e. The van der Waals surface area contributed by atoms with Gasteiger partial charge in [-0.15, -0.1) is 11.3 Å². The van der Waals surface area contributed by atoms with Crippen LogP contribution in [0.5, 0.6) is 0 Å². The van der Waals surface area contributed by atoms with E-state index in [-0.39, 0.29) is 20.7 Å². The van der Waals surface area contributed by atoms with E-state index in [1.165, 1.54) is 6.07 Å². The van der Waals surface area contributed by atoms with E-state index in [1.54, 1.807) is 6.92 Å². The molecular formula is C7H8ClNO4S2. The van der Waals surface area contributed by atoms with Crippen LogP contribution in [-0.4, -0.2) is 21.0 Å². The first kappa shape index (κ1) is 12.4. The molecule has 0 aromatic carbocycles. The summed E-state index contributed by atoms with van der Waals surface area (Å²) in [5, 5.41) is 4.92. The van der Waals surface area contributed by atoms with Crippen LogP contribution in [0.4, 0.5) is 0 Å². The van der Waals surface area contributed by atoms with Crippen molar-refractivity contribution in [2.75, 3.05) is 6.61 Å². The number of sulfonamides is 1. The minimum absolute atomic E-state index is 0.116. The Morgan fingerprint density at radius 3 is 2.73 bits per heavy atom. The Morgan fingerprint density at radius 2 is 2.27 bits per heavy atom. The Labute approximate surface area is 95.8 Å². The lowest BCUT2D eigenvalue weighted by molar-refractivity contribution is 0.0523. The molecule has 0 unspecified atom stereocenters. The lowest BCUT2D eigenvalue weighted by Crippen LogP contribution is -2.15. The maximum absolute atomic E-state index is 11.3. The molecule has 0 bridgehead atoms. The number of carbonyl (C=O) groups excluding carboxylic acids is 1. The van der Waals surface area contributed by atoms with Crippen molar-refractivity contribution in [1.29, 1.82) is 0 Å². The van der Waals surface area contributed by atoms with Gasteiger partial charge < -0.3 is 4.74 Å². The Kier molecular flexibility index (Phi) is 3.72. The van der Waals surface area contributed by atoms with Crippen molar-refractivity contribution in [3.8, 4) is 0 Å². The second-order valence-electron chi connectivity index (χ2n) is 2.52. The molecule has 2 N–H and O–H groups in total. The molecule has 8 heteroatoms. The van der Waals surface area contributed by atoms with E-state index < -0.39 is 16.0 Å². The number of carbonyl (C=O) groups is 1. The monoisotopic (exact) mass is 269 g/mol. The summed E-state index contributed by atoms with van der Waals surface area (Å²) in [7, 11) is -3.94. The summed E-state index contributed by atoms with van der Waals surface area (Å²) < 4.78 is 26.8. The number of hydrogen-bond donors (Lipinski definition) is 1. The number of thiophene rings is 1. The van der Waals surface area contributed by atoms with Crippen molar-refractivity contribution in [1.82, 2.24) is 0 Å². The molecular weight excluding hydrogens is 262 g/mol. The number of ether oxygens (including phenoxy) is 1. The fourth-order valence-electron chi connectivity index (χ4n) is 0.908. The van der Waals surface area contributed by atoms with E-state index in [4.69, 9.17) is 16.7 Å². The second-order valence-corrected chi connectivity index (χ2v) is 5.96. The fourth-order valence-corrected chi connectivity index (χ4v) is 3.17. The average molecular weight is 270 g/mol. The standard InChI is InChI=1S/C7H8ClNO4S2/c1-2-13-6(10)4-3-5(8)14-7(4)15(9,11)12/h3H,2H2,1H3,(H2,9,11,12). The lowest BCUT2D eigenvalue weighted by atomic mass is 10.3. The van der Waals surface area contributed by atoms with Gasteiger partial charge in [0.1, 0.15) is 0 Å². The van der Waals surface area contributed by atoms with Crippen LogP contribution in [0.2, 0.25) is 4.34 Å². The van der Waals surface area contributed by atoms with Gasteiger partial charge in [0.2, 0.25) is 10.0 Å². The average Bonchev–Trinajstić information content (AvgIpc) is 2.47. The summed E-state index contributed by atoms with van der Waals surface area (Å²) in [4.78, 5) is 11.3. The SMILES string of the molecule is CCOC(=O)c1cc(Cl)sc1S(N)(=O)=O. The number of nitrogens with two attached hydrogens (primary N) is 1. The van der Waals surface area contributed by atoms with Crippen molar-refractivity contribution in [2.45, 2.75) is 11.1 Å².